The molecule has 0 aliphatic carbocycles. The molecule has 0 heterocycles. The summed E-state index contributed by atoms with van der Waals surface area (Å²) in [5.41, 5.74) is 9.12. The van der Waals surface area contributed by atoms with Crippen molar-refractivity contribution in [3.05, 3.63) is 47.0 Å². The van der Waals surface area contributed by atoms with Crippen LogP contribution in [0.15, 0.2) is 30.3 Å². The van der Waals surface area contributed by atoms with Gasteiger partial charge >= 0.3 is 0 Å². The molecule has 21 heavy (non-hydrogen) atoms. The van der Waals surface area contributed by atoms with E-state index in [2.05, 4.69) is 5.32 Å². The fraction of sp³-hybridized carbons (Fsp3) is 0.188. The number of phenolic OH excluding ortho intramolecular Hbond substituents is 1. The van der Waals surface area contributed by atoms with Gasteiger partial charge in [-0.3, -0.25) is 4.79 Å². The van der Waals surface area contributed by atoms with E-state index in [1.807, 2.05) is 19.9 Å². The van der Waals surface area contributed by atoms with Crippen LogP contribution < -0.4 is 15.8 Å². The number of hydrogen-bond acceptors (Lipinski definition) is 4. The summed E-state index contributed by atoms with van der Waals surface area (Å²) in [6.07, 6.45) is 0. The molecule has 5 nitrogen and oxygen atoms in total. The summed E-state index contributed by atoms with van der Waals surface area (Å²) in [6.45, 7) is 3.79. The minimum atomic E-state index is -0.401. The zero-order valence-electron chi connectivity index (χ0n) is 12.2. The van der Waals surface area contributed by atoms with Gasteiger partial charge in [0.25, 0.3) is 5.91 Å². The Hall–Kier alpha value is -2.69. The molecule has 110 valence electrons. The molecule has 0 saturated carbocycles. The first-order valence-corrected chi connectivity index (χ1v) is 6.47. The van der Waals surface area contributed by atoms with Gasteiger partial charge in [-0.25, -0.2) is 0 Å². The van der Waals surface area contributed by atoms with Gasteiger partial charge in [0, 0.05) is 17.4 Å². The number of anilines is 2. The summed E-state index contributed by atoms with van der Waals surface area (Å²) in [6, 6.07) is 8.13. The maximum atomic E-state index is 12.2. The number of benzene rings is 2. The number of amides is 1. The summed E-state index contributed by atoms with van der Waals surface area (Å²) in [5, 5.41) is 12.6. The Morgan fingerprint density at radius 2 is 1.90 bits per heavy atom. The second-order valence-electron chi connectivity index (χ2n) is 4.86. The molecule has 0 bridgehead atoms. The van der Waals surface area contributed by atoms with Crippen molar-refractivity contribution in [1.29, 1.82) is 0 Å². The lowest BCUT2D eigenvalue weighted by Crippen LogP contribution is -2.13. The van der Waals surface area contributed by atoms with Crippen LogP contribution in [0.25, 0.3) is 0 Å². The topological polar surface area (TPSA) is 84.6 Å². The highest BCUT2D eigenvalue weighted by atomic mass is 16.5. The summed E-state index contributed by atoms with van der Waals surface area (Å²) < 4.78 is 4.99. The number of rotatable bonds is 3. The first-order chi connectivity index (χ1) is 9.92. The predicted octanol–water partition coefficient (Wildman–Crippen LogP) is 2.85. The van der Waals surface area contributed by atoms with Crippen LogP contribution in [0.4, 0.5) is 11.4 Å². The number of aryl methyl sites for hydroxylation is 2. The maximum Gasteiger partial charge on any atom is 0.259 e. The van der Waals surface area contributed by atoms with Crippen LogP contribution in [0.5, 0.6) is 11.5 Å². The van der Waals surface area contributed by atoms with Gasteiger partial charge in [-0.15, -0.1) is 0 Å². The number of aromatic hydroxyl groups is 1. The molecule has 2 aromatic rings. The monoisotopic (exact) mass is 286 g/mol. The highest BCUT2D eigenvalue weighted by molar-refractivity contribution is 6.06. The Morgan fingerprint density at radius 1 is 1.19 bits per heavy atom. The quantitative estimate of drug-likeness (QED) is 0.757. The van der Waals surface area contributed by atoms with E-state index in [-0.39, 0.29) is 11.3 Å². The standard InChI is InChI=1S/C16H18N2O3/c1-9-6-10(2)14(8-13(9)17)18-16(20)12-5-4-11(21-3)7-15(12)19/h4-8,19H,17H2,1-3H3,(H,18,20). The summed E-state index contributed by atoms with van der Waals surface area (Å²) >= 11 is 0. The average Bonchev–Trinajstić information content (AvgIpc) is 2.44. The van der Waals surface area contributed by atoms with Gasteiger partial charge < -0.3 is 20.9 Å². The van der Waals surface area contributed by atoms with Gasteiger partial charge in [-0.05, 0) is 43.2 Å². The van der Waals surface area contributed by atoms with Crippen molar-refractivity contribution in [3.63, 3.8) is 0 Å². The Kier molecular flexibility index (Phi) is 4.03. The summed E-state index contributed by atoms with van der Waals surface area (Å²) in [5.74, 6) is -0.0501. The van der Waals surface area contributed by atoms with Crippen molar-refractivity contribution in [2.45, 2.75) is 13.8 Å². The number of phenols is 1. The molecule has 0 fully saturated rings. The van der Waals surface area contributed by atoms with E-state index in [4.69, 9.17) is 10.5 Å². The van der Waals surface area contributed by atoms with Crippen LogP contribution in [-0.4, -0.2) is 18.1 Å². The number of hydrogen-bond donors (Lipinski definition) is 3. The molecule has 0 aliphatic rings. The van der Waals surface area contributed by atoms with E-state index in [1.54, 1.807) is 12.1 Å². The number of carbonyl (C=O) groups is 1. The maximum absolute atomic E-state index is 12.2. The van der Waals surface area contributed by atoms with E-state index in [0.29, 0.717) is 17.1 Å². The highest BCUT2D eigenvalue weighted by Gasteiger charge is 2.13. The molecule has 2 rings (SSSR count). The molecule has 0 aromatic heterocycles. The predicted molar refractivity (Wildman–Crippen MR) is 82.9 cm³/mol. The van der Waals surface area contributed by atoms with Crippen LogP contribution in [0.2, 0.25) is 0 Å². The molecular formula is C16H18N2O3. The Morgan fingerprint density at radius 3 is 2.52 bits per heavy atom. The average molecular weight is 286 g/mol. The van der Waals surface area contributed by atoms with E-state index < -0.39 is 5.91 Å². The van der Waals surface area contributed by atoms with Crippen molar-refractivity contribution in [2.24, 2.45) is 0 Å². The van der Waals surface area contributed by atoms with Gasteiger partial charge in [0.2, 0.25) is 0 Å². The van der Waals surface area contributed by atoms with E-state index in [1.165, 1.54) is 19.2 Å². The molecule has 2 aromatic carbocycles. The van der Waals surface area contributed by atoms with E-state index >= 15 is 0 Å². The molecule has 0 spiro atoms. The van der Waals surface area contributed by atoms with Gasteiger partial charge in [0.05, 0.1) is 12.7 Å². The number of nitrogens with one attached hydrogen (secondary N) is 1. The third-order valence-electron chi connectivity index (χ3n) is 3.31. The van der Waals surface area contributed by atoms with Gasteiger partial charge in [-0.2, -0.15) is 0 Å². The van der Waals surface area contributed by atoms with Crippen LogP contribution in [-0.2, 0) is 0 Å². The lowest BCUT2D eigenvalue weighted by atomic mass is 10.1. The molecule has 0 radical (unpaired) electrons. The lowest BCUT2D eigenvalue weighted by Gasteiger charge is -2.12. The second-order valence-corrected chi connectivity index (χ2v) is 4.86. The Labute approximate surface area is 123 Å². The minimum Gasteiger partial charge on any atom is -0.507 e. The van der Waals surface area contributed by atoms with Gasteiger partial charge in [-0.1, -0.05) is 6.07 Å². The van der Waals surface area contributed by atoms with Crippen molar-refractivity contribution >= 4 is 17.3 Å². The molecule has 1 amide bonds. The molecular weight excluding hydrogens is 268 g/mol. The SMILES string of the molecule is COc1ccc(C(=O)Nc2cc(N)c(C)cc2C)c(O)c1. The number of methoxy groups -OCH3 is 1. The first kappa shape index (κ1) is 14.7. The minimum absolute atomic E-state index is 0.135. The Balaban J connectivity index is 2.28. The highest BCUT2D eigenvalue weighted by Crippen LogP contribution is 2.26. The molecule has 0 unspecified atom stereocenters. The van der Waals surface area contributed by atoms with Crippen molar-refractivity contribution < 1.29 is 14.6 Å². The zero-order valence-corrected chi connectivity index (χ0v) is 12.2. The van der Waals surface area contributed by atoms with Crippen LogP contribution in [0.3, 0.4) is 0 Å². The first-order valence-electron chi connectivity index (χ1n) is 6.47. The zero-order chi connectivity index (χ0) is 15.6. The molecule has 0 saturated heterocycles. The van der Waals surface area contributed by atoms with E-state index in [0.717, 1.165) is 11.1 Å². The second kappa shape index (κ2) is 5.75. The summed E-state index contributed by atoms with van der Waals surface area (Å²) in [4.78, 5) is 12.2. The fourth-order valence-corrected chi connectivity index (χ4v) is 2.02. The normalized spacial score (nSPS) is 10.2. The molecule has 5 heteroatoms. The largest absolute Gasteiger partial charge is 0.507 e. The lowest BCUT2D eigenvalue weighted by molar-refractivity contribution is 0.102. The molecule has 0 atom stereocenters. The van der Waals surface area contributed by atoms with Crippen molar-refractivity contribution in [2.75, 3.05) is 18.2 Å². The van der Waals surface area contributed by atoms with Crippen molar-refractivity contribution in [3.8, 4) is 11.5 Å². The van der Waals surface area contributed by atoms with E-state index in [9.17, 15) is 9.90 Å². The molecule has 0 aliphatic heterocycles. The fourth-order valence-electron chi connectivity index (χ4n) is 2.02. The van der Waals surface area contributed by atoms with Crippen LogP contribution >= 0.6 is 0 Å². The Bertz CT molecular complexity index is 696. The number of carbonyl (C=O) groups excluding carboxylic acids is 1. The van der Waals surface area contributed by atoms with Crippen LogP contribution in [0.1, 0.15) is 21.5 Å². The number of ether oxygens (including phenoxy) is 1. The third-order valence-corrected chi connectivity index (χ3v) is 3.31. The van der Waals surface area contributed by atoms with Crippen molar-refractivity contribution in [1.82, 2.24) is 0 Å². The summed E-state index contributed by atoms with van der Waals surface area (Å²) in [7, 11) is 1.49. The number of nitrogen functional groups attached to an aromatic ring is 1. The number of nitrogens with two attached hydrogens (primary N) is 1. The van der Waals surface area contributed by atoms with Gasteiger partial charge in [0.15, 0.2) is 0 Å². The smallest absolute Gasteiger partial charge is 0.259 e. The third kappa shape index (κ3) is 3.08. The molecule has 4 N–H and O–H groups in total. The van der Waals surface area contributed by atoms with Crippen LogP contribution in [0, 0.1) is 13.8 Å². The van der Waals surface area contributed by atoms with Gasteiger partial charge in [0.1, 0.15) is 11.5 Å².